The van der Waals surface area contributed by atoms with Crippen molar-refractivity contribution in [3.63, 3.8) is 0 Å². The number of imidazole rings is 1. The number of aromatic nitrogens is 3. The van der Waals surface area contributed by atoms with E-state index in [1.54, 1.807) is 6.20 Å². The molecule has 0 saturated carbocycles. The van der Waals surface area contributed by atoms with Crippen molar-refractivity contribution in [3.05, 3.63) is 66.7 Å². The Morgan fingerprint density at radius 1 is 1.16 bits per heavy atom. The van der Waals surface area contributed by atoms with E-state index >= 15 is 0 Å². The van der Waals surface area contributed by atoms with Crippen molar-refractivity contribution in [3.8, 4) is 17.1 Å². The molecule has 19 heavy (non-hydrogen) atoms. The summed E-state index contributed by atoms with van der Waals surface area (Å²) in [6.07, 6.45) is 8.82. The largest absolute Gasteiger partial charge is 0.355 e. The minimum absolute atomic E-state index is 1.02. The van der Waals surface area contributed by atoms with Gasteiger partial charge in [-0.25, -0.2) is 0 Å². The highest BCUT2D eigenvalue weighted by Crippen LogP contribution is 2.20. The summed E-state index contributed by atoms with van der Waals surface area (Å²) in [5, 5.41) is 0. The molecule has 0 saturated heterocycles. The summed E-state index contributed by atoms with van der Waals surface area (Å²) < 4.78 is 4.12. The SMILES string of the molecule is Cc1ccccc1-c1n(C)c[c-][n+]1-c1cccnc1. The maximum Gasteiger partial charge on any atom is 0.185 e. The maximum absolute atomic E-state index is 4.18. The number of rotatable bonds is 2. The molecule has 2 aromatic heterocycles. The van der Waals surface area contributed by atoms with E-state index in [-0.39, 0.29) is 0 Å². The van der Waals surface area contributed by atoms with Crippen LogP contribution in [0.4, 0.5) is 0 Å². The summed E-state index contributed by atoms with van der Waals surface area (Å²) in [6, 6.07) is 12.3. The third kappa shape index (κ3) is 2.03. The first kappa shape index (κ1) is 11.7. The van der Waals surface area contributed by atoms with Gasteiger partial charge in [-0.15, -0.1) is 0 Å². The van der Waals surface area contributed by atoms with Crippen molar-refractivity contribution in [1.29, 1.82) is 0 Å². The maximum atomic E-state index is 4.18. The van der Waals surface area contributed by atoms with Crippen LogP contribution in [0.3, 0.4) is 0 Å². The predicted octanol–water partition coefficient (Wildman–Crippen LogP) is 2.47. The fourth-order valence-electron chi connectivity index (χ4n) is 2.24. The third-order valence-electron chi connectivity index (χ3n) is 3.22. The molecule has 0 aliphatic rings. The Balaban J connectivity index is 2.23. The van der Waals surface area contributed by atoms with Gasteiger partial charge in [0.15, 0.2) is 5.82 Å². The number of hydrogen-bond donors (Lipinski definition) is 0. The van der Waals surface area contributed by atoms with E-state index in [4.69, 9.17) is 0 Å². The minimum atomic E-state index is 1.02. The van der Waals surface area contributed by atoms with Crippen molar-refractivity contribution in [2.45, 2.75) is 6.92 Å². The number of nitrogens with zero attached hydrogens (tertiary/aromatic N) is 3. The Hall–Kier alpha value is -2.42. The van der Waals surface area contributed by atoms with Crippen molar-refractivity contribution >= 4 is 0 Å². The average molecular weight is 249 g/mol. The Labute approximate surface area is 112 Å². The Kier molecular flexibility index (Phi) is 2.88. The van der Waals surface area contributed by atoms with E-state index in [9.17, 15) is 0 Å². The minimum Gasteiger partial charge on any atom is -0.355 e. The predicted molar refractivity (Wildman–Crippen MR) is 73.7 cm³/mol. The van der Waals surface area contributed by atoms with Crippen LogP contribution < -0.4 is 4.57 Å². The van der Waals surface area contributed by atoms with E-state index in [2.05, 4.69) is 46.9 Å². The monoisotopic (exact) mass is 249 g/mol. The quantitative estimate of drug-likeness (QED) is 0.505. The zero-order valence-corrected chi connectivity index (χ0v) is 11.0. The second-order valence-electron chi connectivity index (χ2n) is 4.55. The summed E-state index contributed by atoms with van der Waals surface area (Å²) in [4.78, 5) is 4.18. The van der Waals surface area contributed by atoms with Gasteiger partial charge in [0.05, 0.1) is 19.4 Å². The second kappa shape index (κ2) is 4.69. The van der Waals surface area contributed by atoms with Gasteiger partial charge in [-0.1, -0.05) is 36.4 Å². The highest BCUT2D eigenvalue weighted by molar-refractivity contribution is 5.58. The van der Waals surface area contributed by atoms with Crippen LogP contribution in [0.2, 0.25) is 0 Å². The zero-order valence-electron chi connectivity index (χ0n) is 11.0. The Morgan fingerprint density at radius 2 is 2.00 bits per heavy atom. The molecule has 0 radical (unpaired) electrons. The van der Waals surface area contributed by atoms with Crippen molar-refractivity contribution in [2.24, 2.45) is 7.05 Å². The molecule has 0 aliphatic carbocycles. The van der Waals surface area contributed by atoms with Crippen LogP contribution in [-0.4, -0.2) is 9.55 Å². The molecule has 0 atom stereocenters. The van der Waals surface area contributed by atoms with Gasteiger partial charge in [0.25, 0.3) is 0 Å². The van der Waals surface area contributed by atoms with E-state index in [1.807, 2.05) is 36.1 Å². The van der Waals surface area contributed by atoms with Gasteiger partial charge in [0, 0.05) is 23.6 Å². The molecule has 2 heterocycles. The van der Waals surface area contributed by atoms with Gasteiger partial charge >= 0.3 is 0 Å². The molecule has 3 rings (SSSR count). The number of aryl methyl sites for hydroxylation is 2. The lowest BCUT2D eigenvalue weighted by molar-refractivity contribution is -0.587. The summed E-state index contributed by atoms with van der Waals surface area (Å²) in [6.45, 7) is 2.12. The molecule has 0 unspecified atom stereocenters. The molecule has 3 heteroatoms. The molecule has 0 amide bonds. The molecule has 1 aromatic carbocycles. The molecule has 3 nitrogen and oxygen atoms in total. The van der Waals surface area contributed by atoms with Crippen LogP contribution >= 0.6 is 0 Å². The zero-order chi connectivity index (χ0) is 13.2. The first-order valence-electron chi connectivity index (χ1n) is 6.23. The summed E-state index contributed by atoms with van der Waals surface area (Å²) in [5.41, 5.74) is 3.46. The lowest BCUT2D eigenvalue weighted by Gasteiger charge is -2.13. The molecule has 94 valence electrons. The highest BCUT2D eigenvalue weighted by Gasteiger charge is 2.11. The molecular weight excluding hydrogens is 234 g/mol. The molecule has 0 bridgehead atoms. The van der Waals surface area contributed by atoms with Gasteiger partial charge in [0.2, 0.25) is 0 Å². The Bertz CT molecular complexity index is 699. The van der Waals surface area contributed by atoms with E-state index < -0.39 is 0 Å². The van der Waals surface area contributed by atoms with Gasteiger partial charge in [-0.2, -0.15) is 0 Å². The highest BCUT2D eigenvalue weighted by atomic mass is 15.1. The van der Waals surface area contributed by atoms with Crippen molar-refractivity contribution in [1.82, 2.24) is 9.55 Å². The lowest BCUT2D eigenvalue weighted by atomic mass is 10.1. The second-order valence-corrected chi connectivity index (χ2v) is 4.55. The van der Waals surface area contributed by atoms with E-state index in [0.29, 0.717) is 0 Å². The van der Waals surface area contributed by atoms with E-state index in [1.165, 1.54) is 11.1 Å². The van der Waals surface area contributed by atoms with Crippen LogP contribution in [-0.2, 0) is 7.05 Å². The molecular formula is C16H15N3. The Morgan fingerprint density at radius 3 is 2.74 bits per heavy atom. The van der Waals surface area contributed by atoms with E-state index in [0.717, 1.165) is 11.5 Å². The van der Waals surface area contributed by atoms with Gasteiger partial charge in [0.1, 0.15) is 0 Å². The van der Waals surface area contributed by atoms with Crippen LogP contribution in [0.1, 0.15) is 5.56 Å². The summed E-state index contributed by atoms with van der Waals surface area (Å²) in [5.74, 6) is 1.10. The fraction of sp³-hybridized carbons (Fsp3) is 0.125. The summed E-state index contributed by atoms with van der Waals surface area (Å²) >= 11 is 0. The standard InChI is InChI=1S/C16H15N3/c1-13-6-3-4-8-15(13)16-18(2)10-11-19(16)14-7-5-9-17-12-14/h3-10,12H,1-2H3. The molecule has 0 fully saturated rings. The van der Waals surface area contributed by atoms with Crippen molar-refractivity contribution < 1.29 is 4.57 Å². The number of pyridine rings is 1. The third-order valence-corrected chi connectivity index (χ3v) is 3.22. The molecule has 0 spiro atoms. The normalized spacial score (nSPS) is 10.6. The van der Waals surface area contributed by atoms with Gasteiger partial charge in [-0.3, -0.25) is 9.55 Å². The molecule has 0 N–H and O–H groups in total. The first-order valence-corrected chi connectivity index (χ1v) is 6.23. The topological polar surface area (TPSA) is 21.7 Å². The number of hydrogen-bond acceptors (Lipinski definition) is 1. The average Bonchev–Trinajstić information content (AvgIpc) is 2.82. The first-order chi connectivity index (χ1) is 9.27. The molecule has 3 aromatic rings. The van der Waals surface area contributed by atoms with Crippen LogP contribution in [0, 0.1) is 13.1 Å². The van der Waals surface area contributed by atoms with Gasteiger partial charge in [-0.05, 0) is 12.5 Å². The molecule has 0 aliphatic heterocycles. The number of benzene rings is 1. The fourth-order valence-corrected chi connectivity index (χ4v) is 2.24. The van der Waals surface area contributed by atoms with Crippen LogP contribution in [0.15, 0.2) is 55.0 Å². The summed E-state index contributed by atoms with van der Waals surface area (Å²) in [7, 11) is 2.03. The smallest absolute Gasteiger partial charge is 0.185 e. The van der Waals surface area contributed by atoms with Crippen LogP contribution in [0.5, 0.6) is 0 Å². The van der Waals surface area contributed by atoms with Gasteiger partial charge < -0.3 is 4.57 Å². The van der Waals surface area contributed by atoms with Crippen LogP contribution in [0.25, 0.3) is 17.1 Å². The van der Waals surface area contributed by atoms with Crippen molar-refractivity contribution in [2.75, 3.05) is 0 Å². The lowest BCUT2D eigenvalue weighted by Crippen LogP contribution is -2.32.